The number of hydrogen-bond donors (Lipinski definition) is 2. The standard InChI is InChI=1S/C13H21NO3/c1-9(2)17-12-6-5-10(7-13(12)16-4)11(15)8-14-3/h5-7,9,11,14-15H,8H2,1-4H3. The van der Waals surface area contributed by atoms with Crippen molar-refractivity contribution in [2.24, 2.45) is 0 Å². The number of nitrogens with one attached hydrogen (secondary N) is 1. The van der Waals surface area contributed by atoms with E-state index in [4.69, 9.17) is 9.47 Å². The van der Waals surface area contributed by atoms with Crippen molar-refractivity contribution in [3.8, 4) is 11.5 Å². The van der Waals surface area contributed by atoms with Crippen LogP contribution in [0.25, 0.3) is 0 Å². The minimum atomic E-state index is -0.540. The van der Waals surface area contributed by atoms with Crippen LogP contribution in [-0.2, 0) is 0 Å². The van der Waals surface area contributed by atoms with Gasteiger partial charge in [0, 0.05) is 6.54 Å². The van der Waals surface area contributed by atoms with E-state index >= 15 is 0 Å². The molecule has 0 amide bonds. The topological polar surface area (TPSA) is 50.7 Å². The molecular weight excluding hydrogens is 218 g/mol. The summed E-state index contributed by atoms with van der Waals surface area (Å²) in [4.78, 5) is 0. The van der Waals surface area contributed by atoms with Gasteiger partial charge in [0.2, 0.25) is 0 Å². The lowest BCUT2D eigenvalue weighted by Gasteiger charge is -2.16. The maximum atomic E-state index is 9.85. The van der Waals surface area contributed by atoms with Crippen LogP contribution < -0.4 is 14.8 Å². The molecule has 4 nitrogen and oxygen atoms in total. The second-order valence-electron chi connectivity index (χ2n) is 4.15. The van der Waals surface area contributed by atoms with Crippen molar-refractivity contribution < 1.29 is 14.6 Å². The third-order valence-corrected chi connectivity index (χ3v) is 2.33. The van der Waals surface area contributed by atoms with Crippen LogP contribution in [0.2, 0.25) is 0 Å². The summed E-state index contributed by atoms with van der Waals surface area (Å²) >= 11 is 0. The maximum absolute atomic E-state index is 9.85. The SMILES string of the molecule is CNCC(O)c1ccc(OC(C)C)c(OC)c1. The van der Waals surface area contributed by atoms with Crippen LogP contribution in [0.4, 0.5) is 0 Å². The first-order valence-corrected chi connectivity index (χ1v) is 5.75. The average Bonchev–Trinajstić information content (AvgIpc) is 2.29. The van der Waals surface area contributed by atoms with Gasteiger partial charge in [0.05, 0.1) is 19.3 Å². The van der Waals surface area contributed by atoms with Crippen molar-refractivity contribution >= 4 is 0 Å². The van der Waals surface area contributed by atoms with E-state index in [9.17, 15) is 5.11 Å². The van der Waals surface area contributed by atoms with Crippen LogP contribution in [0.1, 0.15) is 25.5 Å². The molecule has 1 rings (SSSR count). The van der Waals surface area contributed by atoms with Gasteiger partial charge in [0.25, 0.3) is 0 Å². The fraction of sp³-hybridized carbons (Fsp3) is 0.538. The van der Waals surface area contributed by atoms with Gasteiger partial charge in [-0.15, -0.1) is 0 Å². The molecular formula is C13H21NO3. The fourth-order valence-corrected chi connectivity index (χ4v) is 1.55. The Morgan fingerprint density at radius 1 is 1.29 bits per heavy atom. The molecule has 0 spiro atoms. The van der Waals surface area contributed by atoms with Crippen molar-refractivity contribution in [1.82, 2.24) is 5.32 Å². The fourth-order valence-electron chi connectivity index (χ4n) is 1.55. The third-order valence-electron chi connectivity index (χ3n) is 2.33. The van der Waals surface area contributed by atoms with Crippen LogP contribution in [0.3, 0.4) is 0 Å². The monoisotopic (exact) mass is 239 g/mol. The summed E-state index contributed by atoms with van der Waals surface area (Å²) in [6.07, 6.45) is -0.445. The van der Waals surface area contributed by atoms with E-state index in [1.807, 2.05) is 26.0 Å². The van der Waals surface area contributed by atoms with E-state index in [1.54, 1.807) is 20.2 Å². The van der Waals surface area contributed by atoms with Gasteiger partial charge in [-0.05, 0) is 38.6 Å². The molecule has 1 aromatic rings. The number of hydrogen-bond acceptors (Lipinski definition) is 4. The number of aliphatic hydroxyl groups is 1. The summed E-state index contributed by atoms with van der Waals surface area (Å²) in [5.41, 5.74) is 0.812. The molecule has 0 saturated carbocycles. The zero-order valence-electron chi connectivity index (χ0n) is 10.9. The summed E-state index contributed by atoms with van der Waals surface area (Å²) in [5.74, 6) is 1.34. The molecule has 2 N–H and O–H groups in total. The summed E-state index contributed by atoms with van der Waals surface area (Å²) in [6.45, 7) is 4.43. The molecule has 0 aliphatic rings. The van der Waals surface area contributed by atoms with Gasteiger partial charge in [0.1, 0.15) is 0 Å². The van der Waals surface area contributed by atoms with Gasteiger partial charge in [0.15, 0.2) is 11.5 Å². The lowest BCUT2D eigenvalue weighted by Crippen LogP contribution is -2.16. The van der Waals surface area contributed by atoms with Gasteiger partial charge in [-0.2, -0.15) is 0 Å². The van der Waals surface area contributed by atoms with Gasteiger partial charge in [-0.3, -0.25) is 0 Å². The lowest BCUT2D eigenvalue weighted by atomic mass is 10.1. The summed E-state index contributed by atoms with van der Waals surface area (Å²) in [7, 11) is 3.40. The Labute approximate surface area is 103 Å². The number of likely N-dealkylation sites (N-methyl/N-ethyl adjacent to an activating group) is 1. The highest BCUT2D eigenvalue weighted by Gasteiger charge is 2.12. The number of rotatable bonds is 6. The molecule has 1 unspecified atom stereocenters. The summed E-state index contributed by atoms with van der Waals surface area (Å²) in [5, 5.41) is 12.8. The Hall–Kier alpha value is -1.26. The molecule has 1 atom stereocenters. The smallest absolute Gasteiger partial charge is 0.161 e. The van der Waals surface area contributed by atoms with Gasteiger partial charge in [-0.25, -0.2) is 0 Å². The van der Waals surface area contributed by atoms with Crippen molar-refractivity contribution in [2.75, 3.05) is 20.7 Å². The van der Waals surface area contributed by atoms with Crippen LogP contribution in [0.15, 0.2) is 18.2 Å². The Morgan fingerprint density at radius 2 is 2.00 bits per heavy atom. The first-order valence-electron chi connectivity index (χ1n) is 5.75. The first-order chi connectivity index (χ1) is 8.08. The van der Waals surface area contributed by atoms with E-state index in [0.717, 1.165) is 5.56 Å². The Balaban J connectivity index is 2.91. The Morgan fingerprint density at radius 3 is 2.53 bits per heavy atom. The van der Waals surface area contributed by atoms with E-state index in [0.29, 0.717) is 18.0 Å². The molecule has 17 heavy (non-hydrogen) atoms. The summed E-state index contributed by atoms with van der Waals surface area (Å²) in [6, 6.07) is 5.48. The zero-order valence-corrected chi connectivity index (χ0v) is 10.9. The molecule has 0 radical (unpaired) electrons. The maximum Gasteiger partial charge on any atom is 0.161 e. The van der Waals surface area contributed by atoms with Gasteiger partial charge in [-0.1, -0.05) is 6.07 Å². The minimum Gasteiger partial charge on any atom is -0.493 e. The largest absolute Gasteiger partial charge is 0.493 e. The molecule has 0 aliphatic carbocycles. The molecule has 1 aromatic carbocycles. The Kier molecular flexibility index (Phi) is 5.25. The zero-order chi connectivity index (χ0) is 12.8. The van der Waals surface area contributed by atoms with Gasteiger partial charge >= 0.3 is 0 Å². The molecule has 0 aromatic heterocycles. The second kappa shape index (κ2) is 6.47. The van der Waals surface area contributed by atoms with Crippen LogP contribution in [-0.4, -0.2) is 31.9 Å². The molecule has 4 heteroatoms. The first kappa shape index (κ1) is 13.8. The molecule has 0 heterocycles. The molecule has 0 aliphatic heterocycles. The second-order valence-corrected chi connectivity index (χ2v) is 4.15. The molecule has 96 valence electrons. The van der Waals surface area contributed by atoms with Gasteiger partial charge < -0.3 is 19.9 Å². The van der Waals surface area contributed by atoms with E-state index in [2.05, 4.69) is 5.32 Å². The van der Waals surface area contributed by atoms with Crippen LogP contribution in [0, 0.1) is 0 Å². The van der Waals surface area contributed by atoms with Crippen molar-refractivity contribution in [3.63, 3.8) is 0 Å². The highest BCUT2D eigenvalue weighted by molar-refractivity contribution is 5.43. The normalized spacial score (nSPS) is 12.6. The predicted octanol–water partition coefficient (Wildman–Crippen LogP) is 1.74. The lowest BCUT2D eigenvalue weighted by molar-refractivity contribution is 0.176. The third kappa shape index (κ3) is 3.91. The Bertz CT molecular complexity index is 353. The molecule has 0 bridgehead atoms. The number of benzene rings is 1. The average molecular weight is 239 g/mol. The van der Waals surface area contributed by atoms with Crippen molar-refractivity contribution in [1.29, 1.82) is 0 Å². The molecule has 0 saturated heterocycles. The quantitative estimate of drug-likeness (QED) is 0.794. The highest BCUT2D eigenvalue weighted by Crippen LogP contribution is 2.30. The van der Waals surface area contributed by atoms with E-state index in [-0.39, 0.29) is 6.10 Å². The van der Waals surface area contributed by atoms with E-state index < -0.39 is 6.10 Å². The summed E-state index contributed by atoms with van der Waals surface area (Å²) < 4.78 is 10.9. The molecule has 0 fully saturated rings. The number of aliphatic hydroxyl groups excluding tert-OH is 1. The highest BCUT2D eigenvalue weighted by atomic mass is 16.5. The van der Waals surface area contributed by atoms with E-state index in [1.165, 1.54) is 0 Å². The van der Waals surface area contributed by atoms with Crippen molar-refractivity contribution in [2.45, 2.75) is 26.1 Å². The minimum absolute atomic E-state index is 0.0944. The van der Waals surface area contributed by atoms with Crippen LogP contribution in [0.5, 0.6) is 11.5 Å². The van der Waals surface area contributed by atoms with Crippen LogP contribution >= 0.6 is 0 Å². The number of methoxy groups -OCH3 is 1. The number of ether oxygens (including phenoxy) is 2. The predicted molar refractivity (Wildman–Crippen MR) is 67.6 cm³/mol. The van der Waals surface area contributed by atoms with Crippen molar-refractivity contribution in [3.05, 3.63) is 23.8 Å².